The van der Waals surface area contributed by atoms with Gasteiger partial charge in [-0.2, -0.15) is 11.3 Å². The van der Waals surface area contributed by atoms with Gasteiger partial charge in [-0.3, -0.25) is 9.59 Å². The Balaban J connectivity index is 1.31. The quantitative estimate of drug-likeness (QED) is 0.476. The molecule has 168 valence electrons. The molecule has 1 amide bonds. The van der Waals surface area contributed by atoms with E-state index in [1.807, 2.05) is 35.0 Å². The Hall–Kier alpha value is -2.28. The molecule has 3 aromatic rings. The highest BCUT2D eigenvalue weighted by Gasteiger charge is 2.48. The van der Waals surface area contributed by atoms with E-state index in [0.29, 0.717) is 11.1 Å². The summed E-state index contributed by atoms with van der Waals surface area (Å²) in [5, 5.41) is 7.00. The minimum atomic E-state index is -0.850. The van der Waals surface area contributed by atoms with Crippen LogP contribution in [0.4, 0.5) is 5.69 Å². The molecule has 3 aliphatic heterocycles. The molecule has 1 aliphatic carbocycles. The molecule has 7 heteroatoms. The molecule has 2 atom stereocenters. The minimum absolute atomic E-state index is 0.0840. The summed E-state index contributed by atoms with van der Waals surface area (Å²) in [5.41, 5.74) is 2.27. The lowest BCUT2D eigenvalue weighted by molar-refractivity contribution is -0.132. The Kier molecular flexibility index (Phi) is 5.28. The molecule has 2 aromatic carbocycles. The number of thiophene rings is 1. The summed E-state index contributed by atoms with van der Waals surface area (Å²) in [6, 6.07) is 18.4. The zero-order valence-electron chi connectivity index (χ0n) is 17.9. The van der Waals surface area contributed by atoms with Crippen LogP contribution < -0.4 is 10.2 Å². The molecule has 4 heterocycles. The zero-order valence-corrected chi connectivity index (χ0v) is 20.3. The van der Waals surface area contributed by atoms with Gasteiger partial charge in [0.1, 0.15) is 5.25 Å². The molecule has 0 spiro atoms. The number of nitrogens with one attached hydrogen (secondary N) is 1. The Morgan fingerprint density at radius 3 is 2.45 bits per heavy atom. The molecule has 33 heavy (non-hydrogen) atoms. The third kappa shape index (κ3) is 3.59. The first kappa shape index (κ1) is 21.3. The third-order valence-corrected chi connectivity index (χ3v) is 9.65. The van der Waals surface area contributed by atoms with Crippen LogP contribution in [-0.2, 0) is 15.1 Å². The zero-order chi connectivity index (χ0) is 22.6. The fraction of sp³-hybridized carbons (Fsp3) is 0.308. The average molecular weight is 495 g/mol. The third-order valence-electron chi connectivity index (χ3n) is 7.20. The molecule has 4 nitrogen and oxygen atoms in total. The van der Waals surface area contributed by atoms with Gasteiger partial charge in [-0.25, -0.2) is 0 Å². The lowest BCUT2D eigenvalue weighted by Gasteiger charge is -2.40. The predicted octanol–water partition coefficient (Wildman–Crippen LogP) is 5.49. The van der Waals surface area contributed by atoms with Gasteiger partial charge in [-0.05, 0) is 71.0 Å². The highest BCUT2D eigenvalue weighted by Crippen LogP contribution is 2.45. The number of hydrogen-bond donors (Lipinski definition) is 1. The van der Waals surface area contributed by atoms with Gasteiger partial charge in [0, 0.05) is 29.6 Å². The number of carbonyl (C=O) groups excluding carboxylic acids is 2. The van der Waals surface area contributed by atoms with Crippen molar-refractivity contribution in [3.05, 3.63) is 81.5 Å². The van der Waals surface area contributed by atoms with Gasteiger partial charge in [0.2, 0.25) is 5.91 Å². The maximum absolute atomic E-state index is 13.4. The number of anilines is 1. The largest absolute Gasteiger partial charge is 0.368 e. The smallest absolute Gasteiger partial charge is 0.242 e. The lowest BCUT2D eigenvalue weighted by Crippen LogP contribution is -2.57. The van der Waals surface area contributed by atoms with Crippen molar-refractivity contribution >= 4 is 52.1 Å². The van der Waals surface area contributed by atoms with E-state index in [-0.39, 0.29) is 18.1 Å². The highest BCUT2D eigenvalue weighted by atomic mass is 35.5. The number of nitrogens with zero attached hydrogens (tertiary/aromatic N) is 1. The first-order valence-corrected chi connectivity index (χ1v) is 13.4. The fourth-order valence-electron chi connectivity index (χ4n) is 5.41. The van der Waals surface area contributed by atoms with E-state index in [2.05, 4.69) is 34.5 Å². The molecule has 1 N–H and O–H groups in total. The van der Waals surface area contributed by atoms with Crippen LogP contribution >= 0.6 is 34.7 Å². The van der Waals surface area contributed by atoms with Crippen molar-refractivity contribution in [3.63, 3.8) is 0 Å². The summed E-state index contributed by atoms with van der Waals surface area (Å²) in [4.78, 5) is 30.0. The summed E-state index contributed by atoms with van der Waals surface area (Å²) in [6.07, 6.45) is 2.82. The van der Waals surface area contributed by atoms with Crippen LogP contribution in [0.5, 0.6) is 0 Å². The van der Waals surface area contributed by atoms with Gasteiger partial charge in [0.15, 0.2) is 5.78 Å². The van der Waals surface area contributed by atoms with Gasteiger partial charge >= 0.3 is 0 Å². The number of hydrogen-bond acceptors (Lipinski definition) is 5. The second kappa shape index (κ2) is 8.19. The molecule has 2 bridgehead atoms. The number of fused-ring (bicyclic) bond motifs is 1. The molecule has 3 saturated heterocycles. The summed E-state index contributed by atoms with van der Waals surface area (Å²) >= 11 is 9.08. The monoisotopic (exact) mass is 494 g/mol. The van der Waals surface area contributed by atoms with Crippen LogP contribution in [-0.4, -0.2) is 29.5 Å². The maximum atomic E-state index is 13.4. The van der Waals surface area contributed by atoms with Crippen LogP contribution in [0.15, 0.2) is 70.3 Å². The van der Waals surface area contributed by atoms with Gasteiger partial charge in [0.25, 0.3) is 0 Å². The van der Waals surface area contributed by atoms with Gasteiger partial charge in [-0.1, -0.05) is 35.9 Å². The van der Waals surface area contributed by atoms with Crippen molar-refractivity contribution in [2.75, 3.05) is 11.4 Å². The second-order valence-electron chi connectivity index (χ2n) is 9.17. The summed E-state index contributed by atoms with van der Waals surface area (Å²) in [6.45, 7) is 1.13. The molecule has 2 unspecified atom stereocenters. The number of rotatable bonds is 5. The summed E-state index contributed by atoms with van der Waals surface area (Å²) < 4.78 is 0. The molecule has 4 fully saturated rings. The van der Waals surface area contributed by atoms with E-state index in [4.69, 9.17) is 11.6 Å². The van der Waals surface area contributed by atoms with Gasteiger partial charge in [-0.15, -0.1) is 11.8 Å². The van der Waals surface area contributed by atoms with Crippen LogP contribution in [0.25, 0.3) is 0 Å². The molecule has 1 saturated carbocycles. The second-order valence-corrected chi connectivity index (χ2v) is 11.5. The van der Waals surface area contributed by atoms with Crippen molar-refractivity contribution in [2.45, 2.75) is 41.0 Å². The van der Waals surface area contributed by atoms with E-state index < -0.39 is 10.8 Å². The number of carbonyl (C=O) groups is 2. The Bertz CT molecular complexity index is 1190. The van der Waals surface area contributed by atoms with E-state index in [1.165, 1.54) is 30.3 Å². The topological polar surface area (TPSA) is 49.4 Å². The summed E-state index contributed by atoms with van der Waals surface area (Å²) in [5.74, 6) is 0.487. The van der Waals surface area contributed by atoms with Crippen molar-refractivity contribution in [1.82, 2.24) is 5.32 Å². The molecule has 0 radical (unpaired) electrons. The molecule has 4 aliphatic rings. The number of Topliss-reactive ketones (excluding diaryl/α,β-unsaturated/α-hetero) is 1. The number of halogens is 1. The van der Waals surface area contributed by atoms with Crippen LogP contribution in [0.3, 0.4) is 0 Å². The van der Waals surface area contributed by atoms with Crippen LogP contribution in [0.1, 0.15) is 30.4 Å². The van der Waals surface area contributed by atoms with Crippen molar-refractivity contribution < 1.29 is 9.59 Å². The van der Waals surface area contributed by atoms with Crippen molar-refractivity contribution in [1.29, 1.82) is 0 Å². The van der Waals surface area contributed by atoms with Crippen molar-refractivity contribution in [3.8, 4) is 0 Å². The SMILES string of the molecule is O=C1CC(c2ccc(N3CC4CC3C4)cc2)(c2ccsc2)NC(=O)C1Sc1ccccc1Cl. The van der Waals surface area contributed by atoms with Crippen LogP contribution in [0, 0.1) is 5.92 Å². The van der Waals surface area contributed by atoms with E-state index in [0.717, 1.165) is 28.5 Å². The Morgan fingerprint density at radius 1 is 1.03 bits per heavy atom. The van der Waals surface area contributed by atoms with Gasteiger partial charge in [0.05, 0.1) is 10.6 Å². The van der Waals surface area contributed by atoms with E-state index in [1.54, 1.807) is 17.4 Å². The molecule has 7 rings (SSSR count). The first-order valence-electron chi connectivity index (χ1n) is 11.2. The number of piperidine rings is 1. The fourth-order valence-corrected chi connectivity index (χ4v) is 7.39. The standard InChI is InChI=1S/C26H23ClN2O2S2/c27-21-3-1-2-4-23(21)33-24-22(30)13-26(28-25(24)31,18-9-10-32-15-18)17-5-7-19(8-6-17)29-14-16-11-20(29)12-16/h1-10,15-16,20,24H,11-14H2,(H,28,31). The Labute approximate surface area is 206 Å². The van der Waals surface area contributed by atoms with E-state index >= 15 is 0 Å². The number of ketones is 1. The van der Waals surface area contributed by atoms with Crippen LogP contribution in [0.2, 0.25) is 5.02 Å². The van der Waals surface area contributed by atoms with Crippen molar-refractivity contribution in [2.24, 2.45) is 5.92 Å². The van der Waals surface area contributed by atoms with Gasteiger partial charge < -0.3 is 10.2 Å². The summed E-state index contributed by atoms with van der Waals surface area (Å²) in [7, 11) is 0. The van der Waals surface area contributed by atoms with E-state index in [9.17, 15) is 9.59 Å². The normalized spacial score (nSPS) is 28.5. The average Bonchev–Trinajstić information content (AvgIpc) is 3.55. The lowest BCUT2D eigenvalue weighted by atomic mass is 9.77. The molecular weight excluding hydrogens is 472 g/mol. The number of amides is 1. The highest BCUT2D eigenvalue weighted by molar-refractivity contribution is 8.01. The first-order chi connectivity index (χ1) is 16.0. The predicted molar refractivity (Wildman–Crippen MR) is 134 cm³/mol. The number of benzene rings is 2. The maximum Gasteiger partial charge on any atom is 0.242 e. The molecule has 1 aromatic heterocycles. The molecular formula is C26H23ClN2O2S2. The minimum Gasteiger partial charge on any atom is -0.368 e. The number of thioether (sulfide) groups is 1. The Morgan fingerprint density at radius 2 is 1.82 bits per heavy atom.